The van der Waals surface area contributed by atoms with Crippen LogP contribution in [0.1, 0.15) is 12.0 Å². The maximum atomic E-state index is 13.3. The lowest BCUT2D eigenvalue weighted by Crippen LogP contribution is -2.31. The van der Waals surface area contributed by atoms with Gasteiger partial charge in [-0.05, 0) is 12.1 Å². The lowest BCUT2D eigenvalue weighted by atomic mass is 10.2. The van der Waals surface area contributed by atoms with Crippen molar-refractivity contribution in [3.63, 3.8) is 0 Å². The fraction of sp³-hybridized carbons (Fsp3) is 0.267. The molecule has 6 heteroatoms. The summed E-state index contributed by atoms with van der Waals surface area (Å²) >= 11 is 0. The second-order valence-corrected chi connectivity index (χ2v) is 4.19. The molecule has 1 aromatic rings. The number of carbonyl (C=O) groups excluding carboxylic acids is 2. The molecular weight excluding hydrogens is 275 g/mol. The fourth-order valence-electron chi connectivity index (χ4n) is 1.40. The number of hydrogen-bond acceptors (Lipinski definition) is 4. The van der Waals surface area contributed by atoms with E-state index in [1.807, 2.05) is 6.07 Å². The first-order chi connectivity index (χ1) is 10.0. The van der Waals surface area contributed by atoms with Crippen molar-refractivity contribution in [2.45, 2.75) is 6.42 Å². The Kier molecular flexibility index (Phi) is 6.61. The van der Waals surface area contributed by atoms with Crippen molar-refractivity contribution in [2.75, 3.05) is 20.2 Å². The molecule has 0 fully saturated rings. The molecule has 0 heterocycles. The van der Waals surface area contributed by atoms with Crippen LogP contribution in [0.5, 0.6) is 0 Å². The molecule has 0 aliphatic carbocycles. The fourth-order valence-corrected chi connectivity index (χ4v) is 1.40. The molecule has 0 radical (unpaired) electrons. The van der Waals surface area contributed by atoms with Crippen molar-refractivity contribution in [3.8, 4) is 6.07 Å². The molecule has 1 aromatic carbocycles. The Bertz CT molecular complexity index is 579. The van der Waals surface area contributed by atoms with Crippen LogP contribution in [0.2, 0.25) is 0 Å². The third-order valence-electron chi connectivity index (χ3n) is 2.63. The Morgan fingerprint density at radius 2 is 2.14 bits per heavy atom. The lowest BCUT2D eigenvalue weighted by molar-refractivity contribution is -0.147. The molecule has 0 saturated carbocycles. The standard InChI is InChI=1S/C15H15FN2O3/c1-18(10-4-9-17)14(19)11-21-15(20)8-7-12-5-2-3-6-13(12)16/h2-3,5-8H,4,10-11H2,1H3/b8-7+. The predicted molar refractivity (Wildman–Crippen MR) is 74.3 cm³/mol. The first kappa shape index (κ1) is 16.4. The molecular formula is C15H15FN2O3. The van der Waals surface area contributed by atoms with Crippen LogP contribution in [0, 0.1) is 17.1 Å². The first-order valence-electron chi connectivity index (χ1n) is 6.25. The second-order valence-electron chi connectivity index (χ2n) is 4.19. The zero-order valence-electron chi connectivity index (χ0n) is 11.6. The third kappa shape index (κ3) is 5.87. The van der Waals surface area contributed by atoms with Crippen molar-refractivity contribution in [3.05, 3.63) is 41.7 Å². The Labute approximate surface area is 122 Å². The van der Waals surface area contributed by atoms with E-state index >= 15 is 0 Å². The van der Waals surface area contributed by atoms with Crippen molar-refractivity contribution >= 4 is 18.0 Å². The largest absolute Gasteiger partial charge is 0.452 e. The maximum absolute atomic E-state index is 13.3. The van der Waals surface area contributed by atoms with Gasteiger partial charge in [-0.15, -0.1) is 0 Å². The number of nitriles is 1. The van der Waals surface area contributed by atoms with E-state index in [2.05, 4.69) is 0 Å². The summed E-state index contributed by atoms with van der Waals surface area (Å²) < 4.78 is 18.0. The van der Waals surface area contributed by atoms with Crippen LogP contribution in [0.4, 0.5) is 4.39 Å². The number of ether oxygens (including phenoxy) is 1. The Balaban J connectivity index is 2.43. The normalized spacial score (nSPS) is 10.1. The average molecular weight is 290 g/mol. The maximum Gasteiger partial charge on any atom is 0.331 e. The highest BCUT2D eigenvalue weighted by Crippen LogP contribution is 2.08. The highest BCUT2D eigenvalue weighted by Gasteiger charge is 2.10. The highest BCUT2D eigenvalue weighted by atomic mass is 19.1. The van der Waals surface area contributed by atoms with Gasteiger partial charge >= 0.3 is 5.97 Å². The number of rotatable bonds is 6. The summed E-state index contributed by atoms with van der Waals surface area (Å²) in [7, 11) is 1.52. The van der Waals surface area contributed by atoms with Gasteiger partial charge in [0.15, 0.2) is 6.61 Å². The molecule has 0 spiro atoms. The molecule has 5 nitrogen and oxygen atoms in total. The summed E-state index contributed by atoms with van der Waals surface area (Å²) in [5.74, 6) is -1.59. The number of nitrogens with zero attached hydrogens (tertiary/aromatic N) is 2. The third-order valence-corrected chi connectivity index (χ3v) is 2.63. The van der Waals surface area contributed by atoms with E-state index in [0.717, 1.165) is 6.08 Å². The molecule has 0 N–H and O–H groups in total. The molecule has 0 bridgehead atoms. The van der Waals surface area contributed by atoms with Gasteiger partial charge in [-0.3, -0.25) is 4.79 Å². The van der Waals surface area contributed by atoms with Crippen molar-refractivity contribution < 1.29 is 18.7 Å². The van der Waals surface area contributed by atoms with E-state index < -0.39 is 24.3 Å². The van der Waals surface area contributed by atoms with Gasteiger partial charge in [-0.1, -0.05) is 18.2 Å². The number of benzene rings is 1. The number of carbonyl (C=O) groups is 2. The van der Waals surface area contributed by atoms with Crippen LogP contribution >= 0.6 is 0 Å². The zero-order valence-corrected chi connectivity index (χ0v) is 11.6. The van der Waals surface area contributed by atoms with Crippen molar-refractivity contribution in [1.29, 1.82) is 5.26 Å². The number of likely N-dealkylation sites (N-methyl/N-ethyl adjacent to an activating group) is 1. The number of halogens is 1. The smallest absolute Gasteiger partial charge is 0.331 e. The molecule has 110 valence electrons. The van der Waals surface area contributed by atoms with Gasteiger partial charge in [0, 0.05) is 25.2 Å². The van der Waals surface area contributed by atoms with E-state index in [4.69, 9.17) is 10.00 Å². The summed E-state index contributed by atoms with van der Waals surface area (Å²) in [5, 5.41) is 8.40. The monoisotopic (exact) mass is 290 g/mol. The van der Waals surface area contributed by atoms with Crippen LogP contribution in [-0.2, 0) is 14.3 Å². The summed E-state index contributed by atoms with van der Waals surface area (Å²) in [4.78, 5) is 24.3. The van der Waals surface area contributed by atoms with Crippen LogP contribution in [0.25, 0.3) is 6.08 Å². The minimum Gasteiger partial charge on any atom is -0.452 e. The summed E-state index contributed by atoms with van der Waals surface area (Å²) in [6, 6.07) is 7.89. The van der Waals surface area contributed by atoms with E-state index in [-0.39, 0.29) is 18.5 Å². The topological polar surface area (TPSA) is 70.4 Å². The Hall–Kier alpha value is -2.68. The van der Waals surface area contributed by atoms with Gasteiger partial charge in [0.2, 0.25) is 0 Å². The highest BCUT2D eigenvalue weighted by molar-refractivity contribution is 5.89. The molecule has 0 aromatic heterocycles. The van der Waals surface area contributed by atoms with E-state index in [9.17, 15) is 14.0 Å². The minimum absolute atomic E-state index is 0.212. The summed E-state index contributed by atoms with van der Waals surface area (Å²) in [6.45, 7) is -0.139. The van der Waals surface area contributed by atoms with Gasteiger partial charge in [-0.25, -0.2) is 9.18 Å². The van der Waals surface area contributed by atoms with Gasteiger partial charge in [0.25, 0.3) is 5.91 Å². The van der Waals surface area contributed by atoms with Crippen molar-refractivity contribution in [1.82, 2.24) is 4.90 Å². The first-order valence-corrected chi connectivity index (χ1v) is 6.25. The van der Waals surface area contributed by atoms with E-state index in [1.54, 1.807) is 12.1 Å². The lowest BCUT2D eigenvalue weighted by Gasteiger charge is -2.14. The predicted octanol–water partition coefficient (Wildman–Crippen LogP) is 1.75. The zero-order chi connectivity index (χ0) is 15.7. The molecule has 21 heavy (non-hydrogen) atoms. The molecule has 0 aliphatic heterocycles. The number of esters is 1. The second kappa shape index (κ2) is 8.48. The van der Waals surface area contributed by atoms with Gasteiger partial charge in [0.05, 0.1) is 12.5 Å². The van der Waals surface area contributed by atoms with Gasteiger partial charge < -0.3 is 9.64 Å². The van der Waals surface area contributed by atoms with Crippen LogP contribution in [0.15, 0.2) is 30.3 Å². The van der Waals surface area contributed by atoms with Gasteiger partial charge in [0.1, 0.15) is 5.82 Å². The van der Waals surface area contributed by atoms with E-state index in [0.29, 0.717) is 0 Å². The SMILES string of the molecule is CN(CCC#N)C(=O)COC(=O)/C=C/c1ccccc1F. The molecule has 0 aliphatic rings. The van der Waals surface area contributed by atoms with Gasteiger partial charge in [-0.2, -0.15) is 5.26 Å². The molecule has 0 saturated heterocycles. The number of hydrogen-bond donors (Lipinski definition) is 0. The van der Waals surface area contributed by atoms with E-state index in [1.165, 1.54) is 30.2 Å². The quantitative estimate of drug-likeness (QED) is 0.591. The minimum atomic E-state index is -0.736. The summed E-state index contributed by atoms with van der Waals surface area (Å²) in [5.41, 5.74) is 0.256. The Morgan fingerprint density at radius 3 is 2.81 bits per heavy atom. The molecule has 1 amide bonds. The number of amides is 1. The van der Waals surface area contributed by atoms with Crippen LogP contribution in [0.3, 0.4) is 0 Å². The Morgan fingerprint density at radius 1 is 1.43 bits per heavy atom. The average Bonchev–Trinajstić information content (AvgIpc) is 2.49. The van der Waals surface area contributed by atoms with Crippen LogP contribution < -0.4 is 0 Å². The molecule has 1 rings (SSSR count). The van der Waals surface area contributed by atoms with Crippen molar-refractivity contribution in [2.24, 2.45) is 0 Å². The molecule has 0 atom stereocenters. The summed E-state index contributed by atoms with van der Waals surface area (Å²) in [6.07, 6.45) is 2.55. The van der Waals surface area contributed by atoms with Crippen LogP contribution in [-0.4, -0.2) is 37.0 Å². The molecule has 0 unspecified atom stereocenters.